The number of hydrogen-bond donors (Lipinski definition) is 0. The smallest absolute Gasteiger partial charge is 0.369 e. The molecule has 23 heavy (non-hydrogen) atoms. The lowest BCUT2D eigenvalue weighted by molar-refractivity contribution is -0.141. The lowest BCUT2D eigenvalue weighted by Crippen LogP contribution is -2.08. The van der Waals surface area contributed by atoms with Crippen LogP contribution in [0.4, 0.5) is 13.2 Å². The number of ether oxygens (including phenoxy) is 1. The number of aryl methyl sites for hydroxylation is 1. The average molecular weight is 332 g/mol. The summed E-state index contributed by atoms with van der Waals surface area (Å²) in [6.45, 7) is 6.36. The molecule has 9 heteroatoms. The van der Waals surface area contributed by atoms with Crippen LogP contribution in [0.3, 0.4) is 0 Å². The van der Waals surface area contributed by atoms with Gasteiger partial charge in [0.1, 0.15) is 6.10 Å². The van der Waals surface area contributed by atoms with Crippen molar-refractivity contribution < 1.29 is 22.4 Å². The third-order valence-corrected chi connectivity index (χ3v) is 3.19. The molecule has 0 saturated heterocycles. The Labute approximate surface area is 131 Å². The standard InChI is InChI=1S/C14H19F3N4O2/c1-8(2)5-6-22-9(3)13-18-12(20-23-13)10-7-21(4)19-11(10)14(15,16)17/h7-9H,5-6H2,1-4H3. The molecular formula is C14H19F3N4O2. The molecule has 1 atom stereocenters. The molecule has 0 radical (unpaired) electrons. The summed E-state index contributed by atoms with van der Waals surface area (Å²) in [4.78, 5) is 4.01. The van der Waals surface area contributed by atoms with E-state index in [1.807, 2.05) is 0 Å². The summed E-state index contributed by atoms with van der Waals surface area (Å²) in [6.07, 6.45) is -2.99. The number of alkyl halides is 3. The van der Waals surface area contributed by atoms with Gasteiger partial charge in [-0.05, 0) is 19.3 Å². The van der Waals surface area contributed by atoms with E-state index in [0.29, 0.717) is 12.5 Å². The predicted octanol–water partition coefficient (Wildman–Crippen LogP) is 3.61. The zero-order valence-electron chi connectivity index (χ0n) is 13.4. The third kappa shape index (κ3) is 4.31. The number of halogens is 3. The van der Waals surface area contributed by atoms with Gasteiger partial charge in [-0.25, -0.2) is 0 Å². The highest BCUT2D eigenvalue weighted by Crippen LogP contribution is 2.35. The van der Waals surface area contributed by atoms with Crippen molar-refractivity contribution in [3.05, 3.63) is 17.8 Å². The van der Waals surface area contributed by atoms with Crippen LogP contribution < -0.4 is 0 Å². The molecular weight excluding hydrogens is 313 g/mol. The van der Waals surface area contributed by atoms with E-state index in [2.05, 4.69) is 29.1 Å². The van der Waals surface area contributed by atoms with E-state index in [0.717, 1.165) is 11.1 Å². The quantitative estimate of drug-likeness (QED) is 0.808. The fraction of sp³-hybridized carbons (Fsp3) is 0.643. The Morgan fingerprint density at radius 3 is 2.61 bits per heavy atom. The highest BCUT2D eigenvalue weighted by atomic mass is 19.4. The van der Waals surface area contributed by atoms with Crippen molar-refractivity contribution in [1.29, 1.82) is 0 Å². The average Bonchev–Trinajstić information content (AvgIpc) is 3.03. The Hall–Kier alpha value is -1.90. The van der Waals surface area contributed by atoms with Crippen molar-refractivity contribution >= 4 is 0 Å². The van der Waals surface area contributed by atoms with E-state index in [9.17, 15) is 13.2 Å². The second-order valence-electron chi connectivity index (χ2n) is 5.71. The Bertz CT molecular complexity index is 649. The SMILES string of the molecule is CC(C)CCOC(C)c1nc(-c2cn(C)nc2C(F)(F)F)no1. The van der Waals surface area contributed by atoms with Gasteiger partial charge in [-0.3, -0.25) is 4.68 Å². The van der Waals surface area contributed by atoms with Gasteiger partial charge in [0.2, 0.25) is 5.82 Å². The van der Waals surface area contributed by atoms with Crippen LogP contribution >= 0.6 is 0 Å². The maximum absolute atomic E-state index is 13.0. The number of rotatable bonds is 6. The summed E-state index contributed by atoms with van der Waals surface area (Å²) < 4.78 is 50.5. The van der Waals surface area contributed by atoms with Gasteiger partial charge in [-0.1, -0.05) is 19.0 Å². The van der Waals surface area contributed by atoms with Gasteiger partial charge in [0.25, 0.3) is 5.89 Å². The number of hydrogen-bond acceptors (Lipinski definition) is 5. The van der Waals surface area contributed by atoms with Crippen LogP contribution in [-0.2, 0) is 18.0 Å². The topological polar surface area (TPSA) is 66.0 Å². The van der Waals surface area contributed by atoms with Gasteiger partial charge in [-0.15, -0.1) is 0 Å². The minimum absolute atomic E-state index is 0.140. The minimum atomic E-state index is -4.59. The molecule has 2 aromatic heterocycles. The molecule has 0 aliphatic rings. The second-order valence-corrected chi connectivity index (χ2v) is 5.71. The Morgan fingerprint density at radius 2 is 2.00 bits per heavy atom. The van der Waals surface area contributed by atoms with Gasteiger partial charge in [0.15, 0.2) is 5.69 Å². The zero-order chi connectivity index (χ0) is 17.2. The van der Waals surface area contributed by atoms with E-state index in [-0.39, 0.29) is 17.3 Å². The zero-order valence-corrected chi connectivity index (χ0v) is 13.4. The second kappa shape index (κ2) is 6.69. The maximum atomic E-state index is 13.0. The highest BCUT2D eigenvalue weighted by Gasteiger charge is 2.38. The maximum Gasteiger partial charge on any atom is 0.435 e. The monoisotopic (exact) mass is 332 g/mol. The molecule has 0 spiro atoms. The third-order valence-electron chi connectivity index (χ3n) is 3.19. The fourth-order valence-corrected chi connectivity index (χ4v) is 1.92. The van der Waals surface area contributed by atoms with Crippen LogP contribution in [0.25, 0.3) is 11.4 Å². The van der Waals surface area contributed by atoms with Crippen LogP contribution in [0.2, 0.25) is 0 Å². The first kappa shape index (κ1) is 17.5. The molecule has 0 aromatic carbocycles. The molecule has 0 aliphatic carbocycles. The molecule has 1 unspecified atom stereocenters. The summed E-state index contributed by atoms with van der Waals surface area (Å²) >= 11 is 0. The summed E-state index contributed by atoms with van der Waals surface area (Å²) in [7, 11) is 1.40. The van der Waals surface area contributed by atoms with Gasteiger partial charge >= 0.3 is 6.18 Å². The van der Waals surface area contributed by atoms with Crippen LogP contribution in [0.1, 0.15) is 44.9 Å². The number of aromatic nitrogens is 4. The molecule has 0 amide bonds. The lowest BCUT2D eigenvalue weighted by atomic mass is 10.1. The van der Waals surface area contributed by atoms with Crippen LogP contribution in [0, 0.1) is 5.92 Å². The van der Waals surface area contributed by atoms with Crippen LogP contribution in [-0.4, -0.2) is 26.5 Å². The van der Waals surface area contributed by atoms with Crippen molar-refractivity contribution in [3.63, 3.8) is 0 Å². The van der Waals surface area contributed by atoms with Crippen molar-refractivity contribution in [2.75, 3.05) is 6.61 Å². The summed E-state index contributed by atoms with van der Waals surface area (Å²) in [5.74, 6) is 0.477. The van der Waals surface area contributed by atoms with E-state index in [4.69, 9.17) is 9.26 Å². The molecule has 2 aromatic rings. The first-order chi connectivity index (χ1) is 10.7. The molecule has 6 nitrogen and oxygen atoms in total. The Balaban J connectivity index is 2.16. The van der Waals surface area contributed by atoms with E-state index in [1.54, 1.807) is 6.92 Å². The van der Waals surface area contributed by atoms with Gasteiger partial charge in [0, 0.05) is 19.9 Å². The molecule has 0 aliphatic heterocycles. The molecule has 0 bridgehead atoms. The lowest BCUT2D eigenvalue weighted by Gasteiger charge is -2.09. The summed E-state index contributed by atoms with van der Waals surface area (Å²) in [5, 5.41) is 7.04. The number of nitrogens with zero attached hydrogens (tertiary/aromatic N) is 4. The van der Waals surface area contributed by atoms with Gasteiger partial charge in [-0.2, -0.15) is 23.3 Å². The van der Waals surface area contributed by atoms with E-state index in [1.165, 1.54) is 13.2 Å². The largest absolute Gasteiger partial charge is 0.435 e. The van der Waals surface area contributed by atoms with Crippen molar-refractivity contribution in [2.24, 2.45) is 13.0 Å². The fourth-order valence-electron chi connectivity index (χ4n) is 1.92. The first-order valence-electron chi connectivity index (χ1n) is 7.25. The Kier molecular flexibility index (Phi) is 5.08. The highest BCUT2D eigenvalue weighted by molar-refractivity contribution is 5.57. The van der Waals surface area contributed by atoms with Crippen LogP contribution in [0.15, 0.2) is 10.7 Å². The molecule has 128 valence electrons. The molecule has 2 heterocycles. The van der Waals surface area contributed by atoms with Crippen molar-refractivity contribution in [3.8, 4) is 11.4 Å². The minimum Gasteiger partial charge on any atom is -0.369 e. The molecule has 0 N–H and O–H groups in total. The molecule has 2 rings (SSSR count). The van der Waals surface area contributed by atoms with E-state index >= 15 is 0 Å². The van der Waals surface area contributed by atoms with Crippen molar-refractivity contribution in [2.45, 2.75) is 39.5 Å². The summed E-state index contributed by atoms with van der Waals surface area (Å²) in [5.41, 5.74) is -1.26. The Morgan fingerprint density at radius 1 is 1.30 bits per heavy atom. The van der Waals surface area contributed by atoms with Gasteiger partial charge < -0.3 is 9.26 Å². The summed E-state index contributed by atoms with van der Waals surface area (Å²) in [6, 6.07) is 0. The van der Waals surface area contributed by atoms with Crippen LogP contribution in [0.5, 0.6) is 0 Å². The normalized spacial score (nSPS) is 13.7. The molecule has 0 fully saturated rings. The van der Waals surface area contributed by atoms with Crippen molar-refractivity contribution in [1.82, 2.24) is 19.9 Å². The van der Waals surface area contributed by atoms with E-state index < -0.39 is 18.0 Å². The first-order valence-corrected chi connectivity index (χ1v) is 7.25. The van der Waals surface area contributed by atoms with Gasteiger partial charge in [0.05, 0.1) is 5.56 Å². The molecule has 0 saturated carbocycles. The predicted molar refractivity (Wildman–Crippen MR) is 75.3 cm³/mol.